The SMILES string of the molecule is Cc1ccc(C[NH+](CC[NH+]2CCOCC2)Cc2cccn2Cc2ccccc2)cc1. The summed E-state index contributed by atoms with van der Waals surface area (Å²) in [6.07, 6.45) is 2.22. The average Bonchev–Trinajstić information content (AvgIpc) is 3.21. The maximum atomic E-state index is 5.54. The number of nitrogens with zero attached hydrogens (tertiary/aromatic N) is 1. The molecule has 1 aliphatic heterocycles. The zero-order valence-corrected chi connectivity index (χ0v) is 18.1. The van der Waals surface area contributed by atoms with E-state index in [1.807, 2.05) is 0 Å². The number of aryl methyl sites for hydroxylation is 1. The van der Waals surface area contributed by atoms with E-state index in [0.29, 0.717) is 0 Å². The Bertz CT molecular complexity index is 882. The van der Waals surface area contributed by atoms with Gasteiger partial charge in [0.15, 0.2) is 0 Å². The highest BCUT2D eigenvalue weighted by Crippen LogP contribution is 2.07. The topological polar surface area (TPSA) is 23.0 Å². The van der Waals surface area contributed by atoms with Gasteiger partial charge >= 0.3 is 0 Å². The van der Waals surface area contributed by atoms with E-state index in [9.17, 15) is 0 Å². The van der Waals surface area contributed by atoms with E-state index in [-0.39, 0.29) is 0 Å². The quantitative estimate of drug-likeness (QED) is 0.551. The number of rotatable bonds is 9. The second-order valence-electron chi connectivity index (χ2n) is 8.56. The van der Waals surface area contributed by atoms with Crippen molar-refractivity contribution in [3.63, 3.8) is 0 Å². The van der Waals surface area contributed by atoms with Crippen LogP contribution >= 0.6 is 0 Å². The molecule has 4 rings (SSSR count). The molecular formula is C26H35N3O+2. The molecule has 0 aliphatic carbocycles. The monoisotopic (exact) mass is 405 g/mol. The Balaban J connectivity index is 1.44. The molecule has 1 saturated heterocycles. The third-order valence-corrected chi connectivity index (χ3v) is 6.16. The van der Waals surface area contributed by atoms with Crippen molar-refractivity contribution >= 4 is 0 Å². The smallest absolute Gasteiger partial charge is 0.127 e. The van der Waals surface area contributed by atoms with Gasteiger partial charge < -0.3 is 19.1 Å². The van der Waals surface area contributed by atoms with Crippen LogP contribution in [0.2, 0.25) is 0 Å². The Labute approximate surface area is 180 Å². The van der Waals surface area contributed by atoms with Crippen molar-refractivity contribution in [2.45, 2.75) is 26.6 Å². The molecule has 1 unspecified atom stereocenters. The van der Waals surface area contributed by atoms with Gasteiger partial charge in [-0.25, -0.2) is 0 Å². The standard InChI is InChI=1S/C26H33N3O/c1-23-9-11-25(12-10-23)20-28(15-14-27-16-18-30-19-17-27)22-26-8-5-13-29(26)21-24-6-3-2-4-7-24/h2-13H,14-22H2,1H3/p+2. The van der Waals surface area contributed by atoms with Crippen LogP contribution in [0.5, 0.6) is 0 Å². The Morgan fingerprint density at radius 1 is 0.867 bits per heavy atom. The number of quaternary nitrogens is 2. The first-order valence-electron chi connectivity index (χ1n) is 11.2. The second-order valence-corrected chi connectivity index (χ2v) is 8.56. The summed E-state index contributed by atoms with van der Waals surface area (Å²) in [6, 6.07) is 24.3. The molecule has 1 atom stereocenters. The first kappa shape index (κ1) is 20.9. The van der Waals surface area contributed by atoms with Crippen molar-refractivity contribution in [1.82, 2.24) is 4.57 Å². The summed E-state index contributed by atoms with van der Waals surface area (Å²) in [7, 11) is 0. The van der Waals surface area contributed by atoms with E-state index in [1.54, 1.807) is 9.80 Å². The van der Waals surface area contributed by atoms with Crippen molar-refractivity contribution in [3.8, 4) is 0 Å². The molecule has 0 amide bonds. The van der Waals surface area contributed by atoms with Crippen LogP contribution in [0.1, 0.15) is 22.4 Å². The van der Waals surface area contributed by atoms with E-state index in [1.165, 1.54) is 35.5 Å². The predicted octanol–water partition coefficient (Wildman–Crippen LogP) is 1.35. The highest BCUT2D eigenvalue weighted by Gasteiger charge is 2.19. The van der Waals surface area contributed by atoms with E-state index >= 15 is 0 Å². The van der Waals surface area contributed by atoms with Crippen LogP contribution in [-0.2, 0) is 24.4 Å². The Hall–Kier alpha value is -2.40. The zero-order chi connectivity index (χ0) is 20.6. The van der Waals surface area contributed by atoms with Gasteiger partial charge in [-0.1, -0.05) is 60.2 Å². The summed E-state index contributed by atoms with van der Waals surface area (Å²) < 4.78 is 7.95. The van der Waals surface area contributed by atoms with Crippen LogP contribution in [0.15, 0.2) is 72.9 Å². The minimum absolute atomic E-state index is 0.905. The lowest BCUT2D eigenvalue weighted by Crippen LogP contribution is -3.20. The molecule has 2 aromatic carbocycles. The summed E-state index contributed by atoms with van der Waals surface area (Å²) in [4.78, 5) is 3.31. The van der Waals surface area contributed by atoms with E-state index < -0.39 is 0 Å². The molecule has 2 heterocycles. The summed E-state index contributed by atoms with van der Waals surface area (Å²) in [5, 5.41) is 0. The van der Waals surface area contributed by atoms with Crippen LogP contribution in [0.4, 0.5) is 0 Å². The van der Waals surface area contributed by atoms with Gasteiger partial charge in [-0.3, -0.25) is 0 Å². The molecule has 4 nitrogen and oxygen atoms in total. The van der Waals surface area contributed by atoms with Gasteiger partial charge in [-0.2, -0.15) is 0 Å². The van der Waals surface area contributed by atoms with Gasteiger partial charge in [-0.15, -0.1) is 0 Å². The molecule has 0 bridgehead atoms. The van der Waals surface area contributed by atoms with E-state index in [4.69, 9.17) is 4.74 Å². The summed E-state index contributed by atoms with van der Waals surface area (Å²) in [5.41, 5.74) is 5.52. The molecule has 30 heavy (non-hydrogen) atoms. The number of morpholine rings is 1. The summed E-state index contributed by atoms with van der Waals surface area (Å²) in [6.45, 7) is 11.7. The molecule has 1 aromatic heterocycles. The van der Waals surface area contributed by atoms with Crippen LogP contribution in [0.3, 0.4) is 0 Å². The van der Waals surface area contributed by atoms with Gasteiger partial charge in [0.25, 0.3) is 0 Å². The Morgan fingerprint density at radius 2 is 1.63 bits per heavy atom. The summed E-state index contributed by atoms with van der Waals surface area (Å²) >= 11 is 0. The molecule has 1 aliphatic rings. The molecule has 0 radical (unpaired) electrons. The largest absolute Gasteiger partial charge is 0.370 e. The van der Waals surface area contributed by atoms with Crippen molar-refractivity contribution in [3.05, 3.63) is 95.3 Å². The maximum Gasteiger partial charge on any atom is 0.127 e. The molecule has 4 heteroatoms. The highest BCUT2D eigenvalue weighted by atomic mass is 16.5. The molecule has 0 spiro atoms. The van der Waals surface area contributed by atoms with Gasteiger partial charge in [0.05, 0.1) is 18.9 Å². The molecule has 3 aromatic rings. The minimum atomic E-state index is 0.905. The fraction of sp³-hybridized carbons (Fsp3) is 0.385. The zero-order valence-electron chi connectivity index (χ0n) is 18.1. The van der Waals surface area contributed by atoms with Crippen molar-refractivity contribution in [1.29, 1.82) is 0 Å². The van der Waals surface area contributed by atoms with Gasteiger partial charge in [0.1, 0.15) is 39.3 Å². The summed E-state index contributed by atoms with van der Waals surface area (Å²) in [5.74, 6) is 0. The first-order chi connectivity index (χ1) is 14.8. The molecule has 158 valence electrons. The highest BCUT2D eigenvalue weighted by molar-refractivity contribution is 5.20. The Morgan fingerprint density at radius 3 is 2.40 bits per heavy atom. The number of nitrogens with one attached hydrogen (secondary N) is 2. The average molecular weight is 406 g/mol. The number of hydrogen-bond acceptors (Lipinski definition) is 1. The molecular weight excluding hydrogens is 370 g/mol. The van der Waals surface area contributed by atoms with Crippen LogP contribution in [-0.4, -0.2) is 44.0 Å². The van der Waals surface area contributed by atoms with Crippen molar-refractivity contribution < 1.29 is 14.5 Å². The van der Waals surface area contributed by atoms with Crippen LogP contribution in [0.25, 0.3) is 0 Å². The lowest BCUT2D eigenvalue weighted by Gasteiger charge is -2.26. The number of aromatic nitrogens is 1. The number of hydrogen-bond donors (Lipinski definition) is 2. The fourth-order valence-electron chi connectivity index (χ4n) is 4.30. The van der Waals surface area contributed by atoms with E-state index in [2.05, 4.69) is 84.4 Å². The Kier molecular flexibility index (Phi) is 7.35. The molecule has 2 N–H and O–H groups in total. The third kappa shape index (κ3) is 6.05. The number of ether oxygens (including phenoxy) is 1. The lowest BCUT2D eigenvalue weighted by atomic mass is 10.1. The number of benzene rings is 2. The molecule has 1 fully saturated rings. The maximum absolute atomic E-state index is 5.54. The van der Waals surface area contributed by atoms with Crippen LogP contribution < -0.4 is 9.80 Å². The first-order valence-corrected chi connectivity index (χ1v) is 11.2. The lowest BCUT2D eigenvalue weighted by molar-refractivity contribution is -0.975. The normalized spacial score (nSPS) is 15.9. The van der Waals surface area contributed by atoms with Crippen molar-refractivity contribution in [2.75, 3.05) is 39.4 Å². The van der Waals surface area contributed by atoms with Gasteiger partial charge in [-0.05, 0) is 24.6 Å². The van der Waals surface area contributed by atoms with Gasteiger partial charge in [0.2, 0.25) is 0 Å². The van der Waals surface area contributed by atoms with Crippen LogP contribution in [0, 0.1) is 6.92 Å². The fourth-order valence-corrected chi connectivity index (χ4v) is 4.30. The van der Waals surface area contributed by atoms with Gasteiger partial charge in [0, 0.05) is 18.3 Å². The molecule has 0 saturated carbocycles. The third-order valence-electron chi connectivity index (χ3n) is 6.16. The van der Waals surface area contributed by atoms with Crippen molar-refractivity contribution in [2.24, 2.45) is 0 Å². The minimum Gasteiger partial charge on any atom is -0.370 e. The van der Waals surface area contributed by atoms with E-state index in [0.717, 1.165) is 45.9 Å². The second kappa shape index (κ2) is 10.6. The predicted molar refractivity (Wildman–Crippen MR) is 121 cm³/mol.